The summed E-state index contributed by atoms with van der Waals surface area (Å²) >= 11 is 3.53. The van der Waals surface area contributed by atoms with Crippen molar-refractivity contribution in [3.63, 3.8) is 0 Å². The van der Waals surface area contributed by atoms with E-state index in [1.165, 1.54) is 11.6 Å². The summed E-state index contributed by atoms with van der Waals surface area (Å²) in [6, 6.07) is 7.57. The number of aromatic amines is 1. The normalized spacial score (nSPS) is 10.8. The maximum absolute atomic E-state index is 11.4. The lowest BCUT2D eigenvalue weighted by Crippen LogP contribution is -2.10. The van der Waals surface area contributed by atoms with Crippen LogP contribution in [0.3, 0.4) is 0 Å². The Hall–Kier alpha value is -1.62. The van der Waals surface area contributed by atoms with Crippen LogP contribution in [-0.2, 0) is 0 Å². The summed E-state index contributed by atoms with van der Waals surface area (Å²) in [6.45, 7) is 6.08. The molecular formula is C14H16BrN3O. The van der Waals surface area contributed by atoms with E-state index in [1.54, 1.807) is 6.92 Å². The Morgan fingerprint density at radius 2 is 2.05 bits per heavy atom. The van der Waals surface area contributed by atoms with Gasteiger partial charge in [0.15, 0.2) is 0 Å². The molecule has 0 aliphatic carbocycles. The van der Waals surface area contributed by atoms with Crippen LogP contribution >= 0.6 is 15.9 Å². The molecule has 19 heavy (non-hydrogen) atoms. The van der Waals surface area contributed by atoms with Crippen LogP contribution in [0.15, 0.2) is 33.5 Å². The molecular weight excluding hydrogens is 306 g/mol. The largest absolute Gasteiger partial charge is 0.325 e. The molecule has 1 aromatic heterocycles. The van der Waals surface area contributed by atoms with Crippen molar-refractivity contribution in [2.75, 3.05) is 5.32 Å². The van der Waals surface area contributed by atoms with Gasteiger partial charge in [-0.1, -0.05) is 19.9 Å². The van der Waals surface area contributed by atoms with Gasteiger partial charge in [-0.05, 0) is 46.5 Å². The van der Waals surface area contributed by atoms with Crippen molar-refractivity contribution >= 4 is 27.6 Å². The highest BCUT2D eigenvalue weighted by atomic mass is 79.9. The van der Waals surface area contributed by atoms with E-state index in [1.807, 2.05) is 6.07 Å². The van der Waals surface area contributed by atoms with Crippen LogP contribution < -0.4 is 10.9 Å². The molecule has 2 aromatic rings. The molecule has 0 radical (unpaired) electrons. The molecule has 2 rings (SSSR count). The van der Waals surface area contributed by atoms with Gasteiger partial charge in [0.05, 0.1) is 5.69 Å². The number of halogens is 1. The van der Waals surface area contributed by atoms with Crippen molar-refractivity contribution in [1.82, 2.24) is 9.97 Å². The van der Waals surface area contributed by atoms with Crippen molar-refractivity contribution in [1.29, 1.82) is 0 Å². The van der Waals surface area contributed by atoms with Crippen molar-refractivity contribution in [3.8, 4) is 0 Å². The number of hydrogen-bond acceptors (Lipinski definition) is 3. The second-order valence-corrected chi connectivity index (χ2v) is 5.61. The lowest BCUT2D eigenvalue weighted by atomic mass is 10.0. The highest BCUT2D eigenvalue weighted by Gasteiger charge is 2.06. The molecule has 0 amide bonds. The number of anilines is 2. The number of aromatic nitrogens is 2. The minimum absolute atomic E-state index is 0.162. The van der Waals surface area contributed by atoms with E-state index < -0.39 is 0 Å². The van der Waals surface area contributed by atoms with Gasteiger partial charge in [-0.2, -0.15) is 0 Å². The predicted octanol–water partition coefficient (Wildman–Crippen LogP) is 3.71. The minimum Gasteiger partial charge on any atom is -0.325 e. The first-order chi connectivity index (χ1) is 8.95. The zero-order valence-electron chi connectivity index (χ0n) is 11.1. The van der Waals surface area contributed by atoms with Gasteiger partial charge in [-0.15, -0.1) is 0 Å². The fourth-order valence-corrected chi connectivity index (χ4v) is 2.25. The molecule has 0 aliphatic rings. The monoisotopic (exact) mass is 321 g/mol. The van der Waals surface area contributed by atoms with E-state index >= 15 is 0 Å². The molecule has 0 unspecified atom stereocenters. The summed E-state index contributed by atoms with van der Waals surface area (Å²) in [4.78, 5) is 18.3. The average Bonchev–Trinajstić information content (AvgIpc) is 2.30. The SMILES string of the molecule is Cc1cc(=O)[nH]c(Nc2ccc(C(C)C)cc2Br)n1. The Labute approximate surface area is 120 Å². The Balaban J connectivity index is 2.30. The third-order valence-electron chi connectivity index (χ3n) is 2.78. The first kappa shape index (κ1) is 13.8. The van der Waals surface area contributed by atoms with Crippen molar-refractivity contribution < 1.29 is 0 Å². The van der Waals surface area contributed by atoms with Gasteiger partial charge in [-0.3, -0.25) is 9.78 Å². The zero-order valence-corrected chi connectivity index (χ0v) is 12.7. The van der Waals surface area contributed by atoms with E-state index in [0.717, 1.165) is 10.2 Å². The highest BCUT2D eigenvalue weighted by molar-refractivity contribution is 9.10. The smallest absolute Gasteiger partial charge is 0.252 e. The van der Waals surface area contributed by atoms with E-state index in [-0.39, 0.29) is 5.56 Å². The van der Waals surface area contributed by atoms with Crippen LogP contribution in [0.1, 0.15) is 31.0 Å². The van der Waals surface area contributed by atoms with Gasteiger partial charge >= 0.3 is 0 Å². The van der Waals surface area contributed by atoms with E-state index in [2.05, 4.69) is 57.2 Å². The quantitative estimate of drug-likeness (QED) is 0.906. The molecule has 2 N–H and O–H groups in total. The summed E-state index contributed by atoms with van der Waals surface area (Å²) in [5.74, 6) is 0.922. The van der Waals surface area contributed by atoms with Gasteiger partial charge in [0.2, 0.25) is 5.95 Å². The van der Waals surface area contributed by atoms with Gasteiger partial charge in [-0.25, -0.2) is 4.98 Å². The second-order valence-electron chi connectivity index (χ2n) is 4.75. The van der Waals surface area contributed by atoms with Gasteiger partial charge in [0.1, 0.15) is 0 Å². The molecule has 0 saturated heterocycles. The van der Waals surface area contributed by atoms with Crippen LogP contribution in [0.4, 0.5) is 11.6 Å². The third kappa shape index (κ3) is 3.44. The maximum Gasteiger partial charge on any atom is 0.252 e. The van der Waals surface area contributed by atoms with Crippen LogP contribution in [-0.4, -0.2) is 9.97 Å². The van der Waals surface area contributed by atoms with Crippen molar-refractivity contribution in [2.24, 2.45) is 0 Å². The molecule has 0 spiro atoms. The molecule has 5 heteroatoms. The Kier molecular flexibility index (Phi) is 4.04. The van der Waals surface area contributed by atoms with E-state index in [0.29, 0.717) is 17.6 Å². The van der Waals surface area contributed by atoms with Gasteiger partial charge in [0.25, 0.3) is 5.56 Å². The average molecular weight is 322 g/mol. The zero-order chi connectivity index (χ0) is 14.0. The van der Waals surface area contributed by atoms with Crippen molar-refractivity contribution in [2.45, 2.75) is 26.7 Å². The summed E-state index contributed by atoms with van der Waals surface area (Å²) < 4.78 is 0.947. The molecule has 0 bridgehead atoms. The molecule has 1 heterocycles. The maximum atomic E-state index is 11.4. The van der Waals surface area contributed by atoms with E-state index in [9.17, 15) is 4.79 Å². The lowest BCUT2D eigenvalue weighted by molar-refractivity contribution is 0.866. The first-order valence-corrected chi connectivity index (χ1v) is 6.89. The van der Waals surface area contributed by atoms with E-state index in [4.69, 9.17) is 0 Å². The topological polar surface area (TPSA) is 57.8 Å². The van der Waals surface area contributed by atoms with Crippen LogP contribution in [0, 0.1) is 6.92 Å². The molecule has 4 nitrogen and oxygen atoms in total. The van der Waals surface area contributed by atoms with Crippen molar-refractivity contribution in [3.05, 3.63) is 50.3 Å². The number of H-pyrrole nitrogens is 1. The fourth-order valence-electron chi connectivity index (χ4n) is 1.76. The Morgan fingerprint density at radius 3 is 2.63 bits per heavy atom. The molecule has 0 saturated carbocycles. The lowest BCUT2D eigenvalue weighted by Gasteiger charge is -2.11. The number of nitrogens with one attached hydrogen (secondary N) is 2. The van der Waals surface area contributed by atoms with Crippen LogP contribution in [0.5, 0.6) is 0 Å². The summed E-state index contributed by atoms with van der Waals surface area (Å²) in [5, 5.41) is 3.11. The number of benzene rings is 1. The molecule has 0 aliphatic heterocycles. The Morgan fingerprint density at radius 1 is 1.32 bits per heavy atom. The number of hydrogen-bond donors (Lipinski definition) is 2. The summed E-state index contributed by atoms with van der Waals surface area (Å²) in [6.07, 6.45) is 0. The van der Waals surface area contributed by atoms with Crippen LogP contribution in [0.25, 0.3) is 0 Å². The molecule has 0 atom stereocenters. The molecule has 100 valence electrons. The number of aryl methyl sites for hydroxylation is 1. The second kappa shape index (κ2) is 5.57. The predicted molar refractivity (Wildman–Crippen MR) is 81.1 cm³/mol. The third-order valence-corrected chi connectivity index (χ3v) is 3.44. The highest BCUT2D eigenvalue weighted by Crippen LogP contribution is 2.28. The first-order valence-electron chi connectivity index (χ1n) is 6.10. The standard InChI is InChI=1S/C14H16BrN3O/c1-8(2)10-4-5-12(11(15)7-10)17-14-16-9(3)6-13(19)18-14/h4-8H,1-3H3,(H2,16,17,18,19). The fraction of sp³-hybridized carbons (Fsp3) is 0.286. The number of rotatable bonds is 3. The van der Waals surface area contributed by atoms with Gasteiger partial charge in [0, 0.05) is 16.2 Å². The minimum atomic E-state index is -0.162. The van der Waals surface area contributed by atoms with Gasteiger partial charge < -0.3 is 5.32 Å². The number of nitrogens with zero attached hydrogens (tertiary/aromatic N) is 1. The Bertz CT molecular complexity index is 649. The molecule has 0 fully saturated rings. The molecule has 1 aromatic carbocycles. The van der Waals surface area contributed by atoms with Crippen LogP contribution in [0.2, 0.25) is 0 Å². The summed E-state index contributed by atoms with van der Waals surface area (Å²) in [7, 11) is 0. The summed E-state index contributed by atoms with van der Waals surface area (Å²) in [5.41, 5.74) is 2.65.